The van der Waals surface area contributed by atoms with E-state index in [9.17, 15) is 0 Å². The van der Waals surface area contributed by atoms with E-state index >= 15 is 0 Å². The number of aromatic nitrogens is 1. The number of rotatable bonds is 5. The van der Waals surface area contributed by atoms with Gasteiger partial charge < -0.3 is 9.30 Å². The molecular weight excluding hydrogens is 641 g/mol. The fourth-order valence-corrected chi connectivity index (χ4v) is 9.38. The molecular formula is C51H36N2. The highest BCUT2D eigenvalue weighted by atomic mass is 15.2. The zero-order valence-electron chi connectivity index (χ0n) is 29.7. The van der Waals surface area contributed by atoms with Gasteiger partial charge in [-0.15, -0.1) is 0 Å². The number of hydrogen-bond donors (Lipinski definition) is 0. The highest BCUT2D eigenvalue weighted by molar-refractivity contribution is 6.27. The Hall–Kier alpha value is -6.64. The Bertz CT molecular complexity index is 2970. The van der Waals surface area contributed by atoms with E-state index in [0.717, 1.165) is 5.69 Å². The third-order valence-corrected chi connectivity index (χ3v) is 11.7. The van der Waals surface area contributed by atoms with Gasteiger partial charge in [0.25, 0.3) is 0 Å². The molecule has 2 aromatic heterocycles. The van der Waals surface area contributed by atoms with Crippen LogP contribution in [-0.2, 0) is 5.41 Å². The maximum Gasteiger partial charge on any atom is 0.0641 e. The van der Waals surface area contributed by atoms with Crippen molar-refractivity contribution >= 4 is 55.2 Å². The van der Waals surface area contributed by atoms with Crippen molar-refractivity contribution in [1.29, 1.82) is 0 Å². The maximum absolute atomic E-state index is 2.57. The Morgan fingerprint density at radius 1 is 0.434 bits per heavy atom. The first-order valence-corrected chi connectivity index (χ1v) is 18.5. The van der Waals surface area contributed by atoms with Crippen LogP contribution in [0.15, 0.2) is 182 Å². The Labute approximate surface area is 309 Å². The molecule has 0 aliphatic heterocycles. The summed E-state index contributed by atoms with van der Waals surface area (Å²) in [5.41, 5.74) is 17.2. The molecule has 0 spiro atoms. The Balaban J connectivity index is 1.29. The SMILES string of the molecule is CC1(C)c2ccccc2-c2cccc(N(c3cc(-c4ccccc4)cc(-c4ccccc4)c3)c3ccc4c5ccccc5n5c6ccccc6c3c45)c21. The molecule has 1 aliphatic rings. The molecule has 0 atom stereocenters. The standard InChI is InChI=1S/C51H36N2/c1-51(2)43-24-12-9-20-38(43)40-23-15-27-47(49(40)51)52(37-31-35(33-16-5-3-6-17-33)30-36(32-37)34-18-7-4-8-19-34)46-29-28-41-39-21-10-13-25-44(39)53-45-26-14-11-22-42(45)48(46)50(41)53/h3-32H,1-2H3. The summed E-state index contributed by atoms with van der Waals surface area (Å²) >= 11 is 0. The van der Waals surface area contributed by atoms with Crippen LogP contribution in [0.1, 0.15) is 25.0 Å². The summed E-state index contributed by atoms with van der Waals surface area (Å²) in [5.74, 6) is 0. The molecule has 0 bridgehead atoms. The molecule has 0 unspecified atom stereocenters. The van der Waals surface area contributed by atoms with Gasteiger partial charge in [0.05, 0.1) is 27.9 Å². The third-order valence-electron chi connectivity index (χ3n) is 11.7. The smallest absolute Gasteiger partial charge is 0.0641 e. The van der Waals surface area contributed by atoms with Gasteiger partial charge in [-0.1, -0.05) is 153 Å². The van der Waals surface area contributed by atoms with Gasteiger partial charge >= 0.3 is 0 Å². The first kappa shape index (κ1) is 30.0. The normalized spacial score (nSPS) is 13.2. The van der Waals surface area contributed by atoms with Crippen LogP contribution in [0.2, 0.25) is 0 Å². The molecule has 10 aromatic rings. The molecule has 1 aliphatic carbocycles. The molecule has 0 fully saturated rings. The lowest BCUT2D eigenvalue weighted by atomic mass is 9.81. The number of hydrogen-bond acceptors (Lipinski definition) is 1. The van der Waals surface area contributed by atoms with Crippen LogP contribution in [-0.4, -0.2) is 4.40 Å². The Morgan fingerprint density at radius 3 is 1.74 bits per heavy atom. The fourth-order valence-electron chi connectivity index (χ4n) is 9.38. The molecule has 0 N–H and O–H groups in total. The molecule has 2 nitrogen and oxygen atoms in total. The predicted octanol–water partition coefficient (Wildman–Crippen LogP) is 13.9. The lowest BCUT2D eigenvalue weighted by molar-refractivity contribution is 0.661. The van der Waals surface area contributed by atoms with Crippen LogP contribution in [0.5, 0.6) is 0 Å². The molecule has 0 saturated heterocycles. The van der Waals surface area contributed by atoms with Crippen molar-refractivity contribution in [3.8, 4) is 33.4 Å². The minimum Gasteiger partial charge on any atom is -0.309 e. The maximum atomic E-state index is 2.57. The first-order chi connectivity index (χ1) is 26.1. The largest absolute Gasteiger partial charge is 0.309 e. The van der Waals surface area contributed by atoms with Crippen LogP contribution in [0.25, 0.3) is 71.5 Å². The molecule has 2 heterocycles. The lowest BCUT2D eigenvalue weighted by Crippen LogP contribution is -2.21. The van der Waals surface area contributed by atoms with Gasteiger partial charge in [-0.05, 0) is 87.0 Å². The highest BCUT2D eigenvalue weighted by Crippen LogP contribution is 2.56. The van der Waals surface area contributed by atoms with E-state index in [1.165, 1.54) is 94.0 Å². The topological polar surface area (TPSA) is 7.65 Å². The van der Waals surface area contributed by atoms with Crippen LogP contribution in [0.4, 0.5) is 17.1 Å². The quantitative estimate of drug-likeness (QED) is 0.176. The van der Waals surface area contributed by atoms with Crippen LogP contribution in [0, 0.1) is 0 Å². The van der Waals surface area contributed by atoms with Gasteiger partial charge in [0.2, 0.25) is 0 Å². The van der Waals surface area contributed by atoms with E-state index in [-0.39, 0.29) is 5.41 Å². The second kappa shape index (κ2) is 11.2. The monoisotopic (exact) mass is 676 g/mol. The van der Waals surface area contributed by atoms with Crippen molar-refractivity contribution in [2.24, 2.45) is 0 Å². The van der Waals surface area contributed by atoms with Crippen LogP contribution in [0.3, 0.4) is 0 Å². The van der Waals surface area contributed by atoms with E-state index in [4.69, 9.17) is 0 Å². The number of benzene rings is 8. The minimum absolute atomic E-state index is 0.211. The second-order valence-electron chi connectivity index (χ2n) is 14.9. The van der Waals surface area contributed by atoms with E-state index in [1.54, 1.807) is 0 Å². The second-order valence-corrected chi connectivity index (χ2v) is 14.9. The molecule has 0 amide bonds. The van der Waals surface area contributed by atoms with Crippen LogP contribution >= 0.6 is 0 Å². The zero-order chi connectivity index (χ0) is 35.3. The van der Waals surface area contributed by atoms with E-state index < -0.39 is 0 Å². The number of anilines is 3. The fraction of sp³-hybridized carbons (Fsp3) is 0.0588. The molecule has 0 radical (unpaired) electrons. The van der Waals surface area contributed by atoms with Gasteiger partial charge in [-0.25, -0.2) is 0 Å². The van der Waals surface area contributed by atoms with Crippen LogP contribution < -0.4 is 4.90 Å². The van der Waals surface area contributed by atoms with Gasteiger partial charge in [-0.3, -0.25) is 0 Å². The van der Waals surface area contributed by atoms with Crippen molar-refractivity contribution in [2.45, 2.75) is 19.3 Å². The number of para-hydroxylation sites is 2. The molecule has 11 rings (SSSR count). The summed E-state index contributed by atoms with van der Waals surface area (Å²) in [7, 11) is 0. The van der Waals surface area contributed by atoms with Gasteiger partial charge in [0.1, 0.15) is 0 Å². The van der Waals surface area contributed by atoms with Gasteiger partial charge in [-0.2, -0.15) is 0 Å². The highest BCUT2D eigenvalue weighted by Gasteiger charge is 2.39. The summed E-state index contributed by atoms with van der Waals surface area (Å²) in [6.07, 6.45) is 0. The molecule has 0 saturated carbocycles. The lowest BCUT2D eigenvalue weighted by Gasteiger charge is -2.33. The number of nitrogens with zero attached hydrogens (tertiary/aromatic N) is 2. The average molecular weight is 677 g/mol. The average Bonchev–Trinajstić information content (AvgIpc) is 3.82. The molecule has 2 heteroatoms. The molecule has 250 valence electrons. The van der Waals surface area contributed by atoms with Crippen molar-refractivity contribution in [3.05, 3.63) is 193 Å². The summed E-state index contributed by atoms with van der Waals surface area (Å²) in [5, 5.41) is 5.10. The van der Waals surface area contributed by atoms with Crippen molar-refractivity contribution < 1.29 is 0 Å². The molecule has 53 heavy (non-hydrogen) atoms. The minimum atomic E-state index is -0.211. The van der Waals surface area contributed by atoms with Crippen molar-refractivity contribution in [3.63, 3.8) is 0 Å². The van der Waals surface area contributed by atoms with E-state index in [0.29, 0.717) is 0 Å². The van der Waals surface area contributed by atoms with Gasteiger partial charge in [0.15, 0.2) is 0 Å². The third kappa shape index (κ3) is 4.27. The summed E-state index contributed by atoms with van der Waals surface area (Å²) in [6.45, 7) is 4.79. The van der Waals surface area contributed by atoms with Crippen molar-refractivity contribution in [2.75, 3.05) is 4.90 Å². The predicted molar refractivity (Wildman–Crippen MR) is 224 cm³/mol. The summed E-state index contributed by atoms with van der Waals surface area (Å²) in [6, 6.07) is 67.1. The first-order valence-electron chi connectivity index (χ1n) is 18.5. The Kier molecular flexibility index (Phi) is 6.33. The van der Waals surface area contributed by atoms with Gasteiger partial charge in [0, 0.05) is 32.6 Å². The Morgan fingerprint density at radius 2 is 1.02 bits per heavy atom. The van der Waals surface area contributed by atoms with E-state index in [2.05, 4.69) is 205 Å². The van der Waals surface area contributed by atoms with E-state index in [1.807, 2.05) is 0 Å². The number of fused-ring (bicyclic) bond motifs is 9. The zero-order valence-corrected chi connectivity index (χ0v) is 29.7. The summed E-state index contributed by atoms with van der Waals surface area (Å²) < 4.78 is 2.49. The molecule has 8 aromatic carbocycles. The van der Waals surface area contributed by atoms with Crippen molar-refractivity contribution in [1.82, 2.24) is 4.40 Å². The summed E-state index contributed by atoms with van der Waals surface area (Å²) in [4.78, 5) is 2.57.